The highest BCUT2D eigenvalue weighted by Gasteiger charge is 2.30. The maximum absolute atomic E-state index is 13.4. The van der Waals surface area contributed by atoms with Crippen LogP contribution < -0.4 is 5.32 Å². The minimum absolute atomic E-state index is 0.0151. The number of quaternary nitrogens is 1. The summed E-state index contributed by atoms with van der Waals surface area (Å²) in [6.07, 6.45) is 62.9. The summed E-state index contributed by atoms with van der Waals surface area (Å²) in [4.78, 5) is 37.4. The molecule has 2 N–H and O–H groups in total. The van der Waals surface area contributed by atoms with E-state index in [4.69, 9.17) is 13.8 Å². The summed E-state index contributed by atoms with van der Waals surface area (Å²) in [6, 6.07) is -0.914. The molecule has 0 aromatic heterocycles. The van der Waals surface area contributed by atoms with Crippen molar-refractivity contribution in [2.45, 2.75) is 219 Å². The molecule has 3 atom stereocenters. The number of unbranched alkanes of at least 4 members (excludes halogenated alkanes) is 17. The number of nitrogens with zero attached hydrogens (tertiary/aromatic N) is 1. The molecule has 10 heteroatoms. The molecule has 0 aliphatic rings. The first kappa shape index (κ1) is 64.9. The van der Waals surface area contributed by atoms with Gasteiger partial charge in [-0.3, -0.25) is 18.6 Å². The Morgan fingerprint density at radius 3 is 1.41 bits per heavy atom. The number of nitrogens with one attached hydrogen (secondary N) is 1. The molecule has 0 aromatic carbocycles. The molecule has 0 aliphatic carbocycles. The number of esters is 1. The zero-order valence-electron chi connectivity index (χ0n) is 44.3. The van der Waals surface area contributed by atoms with Crippen LogP contribution in [-0.2, 0) is 27.9 Å². The number of hydrogen-bond acceptors (Lipinski definition) is 6. The van der Waals surface area contributed by atoms with Gasteiger partial charge in [0.05, 0.1) is 33.8 Å². The summed E-state index contributed by atoms with van der Waals surface area (Å²) in [5.41, 5.74) is 0. The lowest BCUT2D eigenvalue weighted by Crippen LogP contribution is -2.47. The Morgan fingerprint density at radius 2 is 0.941 bits per heavy atom. The minimum Gasteiger partial charge on any atom is -0.456 e. The number of carbonyl (C=O) groups excluding carboxylic acids is 2. The number of amides is 1. The van der Waals surface area contributed by atoms with Gasteiger partial charge in [-0.2, -0.15) is 0 Å². The van der Waals surface area contributed by atoms with E-state index >= 15 is 0 Å². The lowest BCUT2D eigenvalue weighted by molar-refractivity contribution is -0.870. The number of rotatable bonds is 47. The molecule has 0 radical (unpaired) electrons. The molecule has 3 unspecified atom stereocenters. The van der Waals surface area contributed by atoms with Crippen LogP contribution in [0, 0.1) is 0 Å². The summed E-state index contributed by atoms with van der Waals surface area (Å²) in [5, 5.41) is 2.97. The van der Waals surface area contributed by atoms with Gasteiger partial charge in [-0.15, -0.1) is 0 Å². The number of phosphoric ester groups is 1. The standard InChI is InChI=1S/C58H101N2O7P/c1-7-10-13-16-19-22-25-28-29-30-33-35-38-41-44-47-50-57(61)59-55(54-66-68(63,64)65-53-52-60(4,5)6)56(49-46-43-40-37-34-31-26-23-20-17-14-11-8-2)67-58(62)51-48-45-42-39-36-32-27-24-21-18-15-12-9-3/h10,13,19,22,28-29,32-33,35-36,41-42,44-46,49,55-56H,7-9,11-12,14-18,20-21,23-27,30-31,34,37-40,43,47-48,50-54H2,1-6H3,(H-,59,61,63,64)/p+1/b13-10+,22-19+,29-28+,35-33+,36-32-,44-41+,45-42+,49-46+. The monoisotopic (exact) mass is 970 g/mol. The molecule has 0 fully saturated rings. The molecule has 0 spiro atoms. The number of carbonyl (C=O) groups is 2. The highest BCUT2D eigenvalue weighted by Crippen LogP contribution is 2.43. The van der Waals surface area contributed by atoms with Crippen LogP contribution in [0.5, 0.6) is 0 Å². The third-order valence-corrected chi connectivity index (χ3v) is 12.3. The second kappa shape index (κ2) is 47.6. The first-order valence-corrected chi connectivity index (χ1v) is 28.6. The molecule has 390 valence electrons. The predicted molar refractivity (Wildman–Crippen MR) is 290 cm³/mol. The first-order chi connectivity index (χ1) is 32.9. The summed E-state index contributed by atoms with van der Waals surface area (Å²) < 4.78 is 30.4. The van der Waals surface area contributed by atoms with Crippen LogP contribution in [-0.4, -0.2) is 74.3 Å². The van der Waals surface area contributed by atoms with Crippen LogP contribution in [0.1, 0.15) is 207 Å². The minimum atomic E-state index is -4.48. The molecule has 0 saturated carbocycles. The molecular weight excluding hydrogens is 868 g/mol. The number of allylic oxidation sites excluding steroid dienone is 15. The molecule has 0 saturated heterocycles. The molecule has 9 nitrogen and oxygen atoms in total. The lowest BCUT2D eigenvalue weighted by Gasteiger charge is -2.27. The molecule has 0 rings (SSSR count). The van der Waals surface area contributed by atoms with Gasteiger partial charge in [0.1, 0.15) is 19.3 Å². The van der Waals surface area contributed by atoms with Gasteiger partial charge in [-0.25, -0.2) is 4.57 Å². The van der Waals surface area contributed by atoms with Crippen LogP contribution in [0.4, 0.5) is 0 Å². The molecule has 0 aliphatic heterocycles. The topological polar surface area (TPSA) is 111 Å². The van der Waals surface area contributed by atoms with Crippen LogP contribution >= 0.6 is 7.82 Å². The van der Waals surface area contributed by atoms with Gasteiger partial charge < -0.3 is 19.4 Å². The van der Waals surface area contributed by atoms with Gasteiger partial charge in [-0.05, 0) is 83.1 Å². The molecule has 0 aromatic rings. The van der Waals surface area contributed by atoms with Crippen LogP contribution in [0.15, 0.2) is 97.2 Å². The molecule has 1 amide bonds. The van der Waals surface area contributed by atoms with Crippen LogP contribution in [0.2, 0.25) is 0 Å². The number of phosphoric acid groups is 1. The van der Waals surface area contributed by atoms with Crippen molar-refractivity contribution in [3.05, 3.63) is 97.2 Å². The fourth-order valence-electron chi connectivity index (χ4n) is 7.10. The summed E-state index contributed by atoms with van der Waals surface area (Å²) in [7, 11) is 1.41. The smallest absolute Gasteiger partial charge is 0.456 e. The molecule has 68 heavy (non-hydrogen) atoms. The fourth-order valence-corrected chi connectivity index (χ4v) is 7.83. The zero-order chi connectivity index (χ0) is 50.1. The Hall–Kier alpha value is -3.07. The average molecular weight is 970 g/mol. The number of hydrogen-bond donors (Lipinski definition) is 2. The van der Waals surface area contributed by atoms with E-state index in [0.717, 1.165) is 64.2 Å². The van der Waals surface area contributed by atoms with E-state index < -0.39 is 25.9 Å². The largest absolute Gasteiger partial charge is 0.472 e. The highest BCUT2D eigenvalue weighted by molar-refractivity contribution is 7.47. The summed E-state index contributed by atoms with van der Waals surface area (Å²) in [5.74, 6) is -0.688. The first-order valence-electron chi connectivity index (χ1n) is 27.1. The normalized spacial score (nSPS) is 14.6. The Kier molecular flexibility index (Phi) is 45.5. The Bertz CT molecular complexity index is 1490. The van der Waals surface area contributed by atoms with Crippen molar-refractivity contribution in [1.82, 2.24) is 5.32 Å². The fraction of sp³-hybridized carbons (Fsp3) is 0.690. The maximum Gasteiger partial charge on any atom is 0.472 e. The van der Waals surface area contributed by atoms with Gasteiger partial charge in [0.2, 0.25) is 5.91 Å². The average Bonchev–Trinajstić information content (AvgIpc) is 3.29. The second-order valence-corrected chi connectivity index (χ2v) is 20.5. The lowest BCUT2D eigenvalue weighted by atomic mass is 10.0. The third kappa shape index (κ3) is 48.0. The van der Waals surface area contributed by atoms with Gasteiger partial charge in [0, 0.05) is 12.8 Å². The van der Waals surface area contributed by atoms with E-state index in [0.29, 0.717) is 23.9 Å². The second-order valence-electron chi connectivity index (χ2n) is 19.0. The van der Waals surface area contributed by atoms with Crippen molar-refractivity contribution < 1.29 is 37.3 Å². The van der Waals surface area contributed by atoms with E-state index in [1.54, 1.807) is 6.08 Å². The van der Waals surface area contributed by atoms with Crippen molar-refractivity contribution >= 4 is 19.7 Å². The van der Waals surface area contributed by atoms with Crippen molar-refractivity contribution in [2.24, 2.45) is 0 Å². The Labute approximate surface area is 418 Å². The zero-order valence-corrected chi connectivity index (χ0v) is 45.2. The number of ether oxygens (including phenoxy) is 1. The van der Waals surface area contributed by atoms with E-state index in [9.17, 15) is 19.0 Å². The van der Waals surface area contributed by atoms with E-state index in [1.807, 2.05) is 45.4 Å². The van der Waals surface area contributed by atoms with Crippen molar-refractivity contribution in [3.8, 4) is 0 Å². The van der Waals surface area contributed by atoms with Crippen molar-refractivity contribution in [2.75, 3.05) is 40.9 Å². The van der Waals surface area contributed by atoms with E-state index in [-0.39, 0.29) is 32.0 Å². The molecular formula is C58H102N2O7P+. The van der Waals surface area contributed by atoms with Crippen molar-refractivity contribution in [1.29, 1.82) is 0 Å². The number of likely N-dealkylation sites (N-methyl/N-ethyl adjacent to an activating group) is 1. The van der Waals surface area contributed by atoms with Gasteiger partial charge in [0.15, 0.2) is 0 Å². The quantitative estimate of drug-likeness (QED) is 0.0205. The van der Waals surface area contributed by atoms with E-state index in [2.05, 4.69) is 92.9 Å². The highest BCUT2D eigenvalue weighted by atomic mass is 31.2. The molecule has 0 heterocycles. The van der Waals surface area contributed by atoms with Crippen LogP contribution in [0.3, 0.4) is 0 Å². The van der Waals surface area contributed by atoms with Gasteiger partial charge in [0.25, 0.3) is 0 Å². The van der Waals surface area contributed by atoms with Gasteiger partial charge in [-0.1, -0.05) is 208 Å². The predicted octanol–water partition coefficient (Wildman–Crippen LogP) is 16.0. The summed E-state index contributed by atoms with van der Waals surface area (Å²) >= 11 is 0. The third-order valence-electron chi connectivity index (χ3n) is 11.3. The Morgan fingerprint density at radius 1 is 0.529 bits per heavy atom. The summed E-state index contributed by atoms with van der Waals surface area (Å²) in [6.45, 7) is 6.77. The van der Waals surface area contributed by atoms with E-state index in [1.165, 1.54) is 96.3 Å². The maximum atomic E-state index is 13.4. The Balaban J connectivity index is 5.62. The van der Waals surface area contributed by atoms with Gasteiger partial charge >= 0.3 is 13.8 Å². The van der Waals surface area contributed by atoms with Crippen molar-refractivity contribution in [3.63, 3.8) is 0 Å². The van der Waals surface area contributed by atoms with Crippen LogP contribution in [0.25, 0.3) is 0 Å². The SMILES string of the molecule is CC/C=C/C/C=C/C/C=C/C/C=C/C/C=C/CCC(=O)NC(COP(=O)(O)OCC[N+](C)(C)C)C(/C=C/CCCCCCCCCCCCC)OC(=O)CC/C=C/C/C=C\CCCCCCCC. The molecule has 0 bridgehead atoms.